The van der Waals surface area contributed by atoms with Crippen LogP contribution in [0.4, 0.5) is 11.4 Å². The SMILES string of the molecule is O=C(Nc1ccc(S(=O)(=O)N2CCCCCC2)cc1)c1ccc(Cl)cc1[N+](=O)[O-]. The van der Waals surface area contributed by atoms with Crippen LogP contribution in [0, 0.1) is 10.1 Å². The predicted octanol–water partition coefficient (Wildman–Crippen LogP) is 4.07. The van der Waals surface area contributed by atoms with Gasteiger partial charge in [-0.1, -0.05) is 24.4 Å². The molecule has 0 unspecified atom stereocenters. The molecule has 1 N–H and O–H groups in total. The lowest BCUT2D eigenvalue weighted by atomic mass is 10.1. The molecule has 1 amide bonds. The fourth-order valence-corrected chi connectivity index (χ4v) is 4.87. The molecule has 1 fully saturated rings. The Labute approximate surface area is 173 Å². The van der Waals surface area contributed by atoms with Crippen molar-refractivity contribution in [2.45, 2.75) is 30.6 Å². The zero-order chi connectivity index (χ0) is 21.0. The average molecular weight is 438 g/mol. The van der Waals surface area contributed by atoms with E-state index >= 15 is 0 Å². The van der Waals surface area contributed by atoms with Crippen molar-refractivity contribution >= 4 is 38.9 Å². The number of hydrogen-bond acceptors (Lipinski definition) is 5. The van der Waals surface area contributed by atoms with Crippen LogP contribution in [0.3, 0.4) is 0 Å². The van der Waals surface area contributed by atoms with Gasteiger partial charge in [0.15, 0.2) is 0 Å². The maximum atomic E-state index is 12.8. The first kappa shape index (κ1) is 21.2. The number of nitrogens with zero attached hydrogens (tertiary/aromatic N) is 2. The maximum Gasteiger partial charge on any atom is 0.283 e. The summed E-state index contributed by atoms with van der Waals surface area (Å²) in [7, 11) is -3.59. The van der Waals surface area contributed by atoms with Gasteiger partial charge in [0.2, 0.25) is 10.0 Å². The van der Waals surface area contributed by atoms with Crippen molar-refractivity contribution in [1.82, 2.24) is 4.31 Å². The number of hydrogen-bond donors (Lipinski definition) is 1. The third kappa shape index (κ3) is 4.92. The van der Waals surface area contributed by atoms with Crippen LogP contribution in [-0.4, -0.2) is 36.6 Å². The molecule has 29 heavy (non-hydrogen) atoms. The Morgan fingerprint density at radius 1 is 1.03 bits per heavy atom. The fraction of sp³-hybridized carbons (Fsp3) is 0.316. The van der Waals surface area contributed by atoms with Gasteiger partial charge in [-0.05, 0) is 49.2 Å². The highest BCUT2D eigenvalue weighted by atomic mass is 35.5. The van der Waals surface area contributed by atoms with E-state index in [4.69, 9.17) is 11.6 Å². The topological polar surface area (TPSA) is 110 Å². The number of carbonyl (C=O) groups excluding carboxylic acids is 1. The average Bonchev–Trinajstić information content (AvgIpc) is 2.98. The van der Waals surface area contributed by atoms with Crippen molar-refractivity contribution in [1.29, 1.82) is 0 Å². The summed E-state index contributed by atoms with van der Waals surface area (Å²) in [4.78, 5) is 23.1. The molecule has 0 spiro atoms. The molecule has 0 aromatic heterocycles. The molecule has 1 saturated heterocycles. The number of nitrogens with one attached hydrogen (secondary N) is 1. The molecule has 8 nitrogen and oxygen atoms in total. The van der Waals surface area contributed by atoms with Gasteiger partial charge in [-0.25, -0.2) is 8.42 Å². The molecule has 1 aliphatic rings. The second-order valence-corrected chi connectivity index (χ2v) is 9.09. The molecule has 0 aliphatic carbocycles. The highest BCUT2D eigenvalue weighted by Crippen LogP contribution is 2.25. The highest BCUT2D eigenvalue weighted by molar-refractivity contribution is 7.89. The minimum atomic E-state index is -3.59. The van der Waals surface area contributed by atoms with E-state index in [2.05, 4.69) is 5.32 Å². The minimum Gasteiger partial charge on any atom is -0.322 e. The van der Waals surface area contributed by atoms with E-state index in [1.165, 1.54) is 40.7 Å². The second kappa shape index (κ2) is 8.89. The first-order valence-corrected chi connectivity index (χ1v) is 11.0. The van der Waals surface area contributed by atoms with Crippen molar-refractivity contribution in [2.24, 2.45) is 0 Å². The smallest absolute Gasteiger partial charge is 0.283 e. The van der Waals surface area contributed by atoms with Crippen LogP contribution in [0.25, 0.3) is 0 Å². The summed E-state index contributed by atoms with van der Waals surface area (Å²) < 4.78 is 27.1. The predicted molar refractivity (Wildman–Crippen MR) is 110 cm³/mol. The summed E-state index contributed by atoms with van der Waals surface area (Å²) in [5.74, 6) is -0.684. The molecule has 3 rings (SSSR count). The van der Waals surface area contributed by atoms with E-state index in [9.17, 15) is 23.3 Å². The van der Waals surface area contributed by atoms with Crippen molar-refractivity contribution in [3.05, 3.63) is 63.2 Å². The van der Waals surface area contributed by atoms with Gasteiger partial charge in [0.25, 0.3) is 11.6 Å². The Morgan fingerprint density at radius 2 is 1.66 bits per heavy atom. The van der Waals surface area contributed by atoms with Gasteiger partial charge in [0.1, 0.15) is 5.56 Å². The van der Waals surface area contributed by atoms with Crippen LogP contribution in [-0.2, 0) is 10.0 Å². The maximum absolute atomic E-state index is 12.8. The van der Waals surface area contributed by atoms with Gasteiger partial charge in [0, 0.05) is 29.9 Å². The van der Waals surface area contributed by atoms with E-state index in [1.807, 2.05) is 0 Å². The number of rotatable bonds is 5. The normalized spacial score (nSPS) is 15.5. The van der Waals surface area contributed by atoms with Crippen LogP contribution in [0.5, 0.6) is 0 Å². The Balaban J connectivity index is 1.77. The molecule has 154 valence electrons. The third-order valence-corrected chi connectivity index (χ3v) is 6.86. The van der Waals surface area contributed by atoms with Crippen LogP contribution in [0.1, 0.15) is 36.0 Å². The monoisotopic (exact) mass is 437 g/mol. The quantitative estimate of drug-likeness (QED) is 0.560. The number of sulfonamides is 1. The van der Waals surface area contributed by atoms with Gasteiger partial charge in [0.05, 0.1) is 9.82 Å². The molecule has 2 aromatic carbocycles. The molecule has 2 aromatic rings. The highest BCUT2D eigenvalue weighted by Gasteiger charge is 2.25. The molecule has 0 atom stereocenters. The summed E-state index contributed by atoms with van der Waals surface area (Å²) >= 11 is 5.76. The molecular formula is C19H20ClN3O5S. The van der Waals surface area contributed by atoms with Crippen LogP contribution >= 0.6 is 11.6 Å². The second-order valence-electron chi connectivity index (χ2n) is 6.72. The van der Waals surface area contributed by atoms with Crippen molar-refractivity contribution < 1.29 is 18.1 Å². The van der Waals surface area contributed by atoms with E-state index in [-0.39, 0.29) is 15.5 Å². The van der Waals surface area contributed by atoms with Gasteiger partial charge < -0.3 is 5.32 Å². The van der Waals surface area contributed by atoms with E-state index < -0.39 is 26.5 Å². The first-order chi connectivity index (χ1) is 13.8. The first-order valence-electron chi connectivity index (χ1n) is 9.14. The zero-order valence-electron chi connectivity index (χ0n) is 15.5. The van der Waals surface area contributed by atoms with Gasteiger partial charge in [-0.15, -0.1) is 0 Å². The van der Waals surface area contributed by atoms with Crippen LogP contribution in [0.15, 0.2) is 47.4 Å². The number of nitro benzene ring substituents is 1. The number of anilines is 1. The van der Waals surface area contributed by atoms with E-state index in [0.717, 1.165) is 31.7 Å². The zero-order valence-corrected chi connectivity index (χ0v) is 17.1. The van der Waals surface area contributed by atoms with Crippen LogP contribution in [0.2, 0.25) is 5.02 Å². The van der Waals surface area contributed by atoms with Gasteiger partial charge in [-0.3, -0.25) is 14.9 Å². The third-order valence-electron chi connectivity index (χ3n) is 4.72. The van der Waals surface area contributed by atoms with Crippen molar-refractivity contribution in [2.75, 3.05) is 18.4 Å². The molecule has 0 radical (unpaired) electrons. The number of halogens is 1. The lowest BCUT2D eigenvalue weighted by Crippen LogP contribution is -2.31. The Hall–Kier alpha value is -2.49. The van der Waals surface area contributed by atoms with Crippen molar-refractivity contribution in [3.8, 4) is 0 Å². The Morgan fingerprint density at radius 3 is 2.24 bits per heavy atom. The largest absolute Gasteiger partial charge is 0.322 e. The summed E-state index contributed by atoms with van der Waals surface area (Å²) in [6.07, 6.45) is 3.72. The summed E-state index contributed by atoms with van der Waals surface area (Å²) in [5, 5.41) is 13.9. The van der Waals surface area contributed by atoms with E-state index in [0.29, 0.717) is 18.8 Å². The molecule has 1 aliphatic heterocycles. The Kier molecular flexibility index (Phi) is 6.51. The number of benzene rings is 2. The molecule has 0 bridgehead atoms. The van der Waals surface area contributed by atoms with Gasteiger partial charge in [-0.2, -0.15) is 4.31 Å². The molecule has 10 heteroatoms. The minimum absolute atomic E-state index is 0.138. The lowest BCUT2D eigenvalue weighted by molar-refractivity contribution is -0.385. The summed E-state index contributed by atoms with van der Waals surface area (Å²) in [6.45, 7) is 1.00. The van der Waals surface area contributed by atoms with Gasteiger partial charge >= 0.3 is 0 Å². The fourth-order valence-electron chi connectivity index (χ4n) is 3.19. The molecule has 0 saturated carbocycles. The van der Waals surface area contributed by atoms with Crippen LogP contribution < -0.4 is 5.32 Å². The molecule has 1 heterocycles. The number of nitro groups is 1. The summed E-state index contributed by atoms with van der Waals surface area (Å²) in [5.41, 5.74) is -0.218. The number of amides is 1. The van der Waals surface area contributed by atoms with E-state index in [1.54, 1.807) is 0 Å². The molecular weight excluding hydrogens is 418 g/mol. The number of carbonyl (C=O) groups is 1. The standard InChI is InChI=1S/C19H20ClN3O5S/c20-14-5-10-17(18(13-14)23(25)26)19(24)21-15-6-8-16(9-7-15)29(27,28)22-11-3-1-2-4-12-22/h5-10,13H,1-4,11-12H2,(H,21,24). The summed E-state index contributed by atoms with van der Waals surface area (Å²) in [6, 6.07) is 9.54. The van der Waals surface area contributed by atoms with Crippen molar-refractivity contribution in [3.63, 3.8) is 0 Å². The Bertz CT molecular complexity index is 1020. The lowest BCUT2D eigenvalue weighted by Gasteiger charge is -2.20.